The predicted molar refractivity (Wildman–Crippen MR) is 81.7 cm³/mol. The molecule has 0 radical (unpaired) electrons. The van der Waals surface area contributed by atoms with Gasteiger partial charge in [-0.05, 0) is 19.1 Å². The summed E-state index contributed by atoms with van der Waals surface area (Å²) in [6.45, 7) is 1.44. The molecule has 2 amide bonds. The van der Waals surface area contributed by atoms with Crippen LogP contribution in [0, 0.1) is 0 Å². The first-order valence-electron chi connectivity index (χ1n) is 7.28. The molecule has 0 aromatic heterocycles. The van der Waals surface area contributed by atoms with Crippen molar-refractivity contribution < 1.29 is 22.8 Å². The molecule has 0 bridgehead atoms. The van der Waals surface area contributed by atoms with Gasteiger partial charge in [-0.1, -0.05) is 18.2 Å². The summed E-state index contributed by atoms with van der Waals surface area (Å²) in [4.78, 5) is 24.5. The van der Waals surface area contributed by atoms with Crippen LogP contribution in [-0.4, -0.2) is 60.1 Å². The van der Waals surface area contributed by atoms with Crippen molar-refractivity contribution in [2.45, 2.75) is 31.2 Å². The van der Waals surface area contributed by atoms with Crippen molar-refractivity contribution in [2.75, 3.05) is 19.1 Å². The Morgan fingerprint density at radius 1 is 1.29 bits per heavy atom. The summed E-state index contributed by atoms with van der Waals surface area (Å²) in [6, 6.07) is 5.88. The van der Waals surface area contributed by atoms with E-state index in [0.29, 0.717) is 10.6 Å². The molecule has 1 aliphatic rings. The minimum absolute atomic E-state index is 0.437. The van der Waals surface area contributed by atoms with Gasteiger partial charge in [0, 0.05) is 20.1 Å². The van der Waals surface area contributed by atoms with Crippen molar-refractivity contribution in [3.63, 3.8) is 0 Å². The van der Waals surface area contributed by atoms with E-state index in [1.54, 1.807) is 37.4 Å². The van der Waals surface area contributed by atoms with Gasteiger partial charge in [-0.25, -0.2) is 10.0 Å². The van der Waals surface area contributed by atoms with Crippen LogP contribution in [0.5, 0.6) is 0 Å². The molecule has 132 valence electrons. The van der Waals surface area contributed by atoms with Crippen molar-refractivity contribution in [2.24, 2.45) is 5.73 Å². The van der Waals surface area contributed by atoms with Crippen LogP contribution in [0.2, 0.25) is 0 Å². The number of nitrogens with zero attached hydrogens (tertiary/aromatic N) is 3. The van der Waals surface area contributed by atoms with Crippen LogP contribution >= 0.6 is 0 Å². The molecule has 1 heterocycles. The maximum Gasteiger partial charge on any atom is 0.471 e. The maximum absolute atomic E-state index is 12.6. The summed E-state index contributed by atoms with van der Waals surface area (Å²) < 4.78 is 37.9. The smallest absolute Gasteiger partial charge is 0.334 e. The fraction of sp³-hybridized carbons (Fsp3) is 0.467. The highest BCUT2D eigenvalue weighted by Gasteiger charge is 2.50. The number of likely N-dealkylation sites (N-methyl/N-ethyl adjacent to an activating group) is 2. The van der Waals surface area contributed by atoms with Crippen molar-refractivity contribution >= 4 is 17.5 Å². The summed E-state index contributed by atoms with van der Waals surface area (Å²) in [5, 5.41) is 2.80. The van der Waals surface area contributed by atoms with Gasteiger partial charge in [-0.2, -0.15) is 13.2 Å². The number of nitrogens with two attached hydrogens (primary N) is 1. The van der Waals surface area contributed by atoms with Crippen LogP contribution in [-0.2, 0) is 9.59 Å². The van der Waals surface area contributed by atoms with Crippen molar-refractivity contribution in [3.05, 3.63) is 30.3 Å². The Balaban J connectivity index is 2.28. The van der Waals surface area contributed by atoms with Crippen LogP contribution in [0.3, 0.4) is 0 Å². The number of benzene rings is 1. The Morgan fingerprint density at radius 3 is 2.33 bits per heavy atom. The Morgan fingerprint density at radius 2 is 1.83 bits per heavy atom. The van der Waals surface area contributed by atoms with Gasteiger partial charge in [-0.15, -0.1) is 0 Å². The number of hydrogen-bond acceptors (Lipinski definition) is 4. The van der Waals surface area contributed by atoms with E-state index < -0.39 is 36.1 Å². The molecule has 1 saturated heterocycles. The zero-order valence-electron chi connectivity index (χ0n) is 13.5. The molecule has 24 heavy (non-hydrogen) atoms. The zero-order chi connectivity index (χ0) is 18.2. The number of halogens is 3. The second-order valence-corrected chi connectivity index (χ2v) is 5.73. The number of hydrogen-bond donors (Lipinski definition) is 1. The molecule has 3 atom stereocenters. The average Bonchev–Trinajstić information content (AvgIpc) is 2.75. The standard InChI is InChI=1S/C15H19F3N4O2/c1-9(20(2)14(24)15(16,17)18)12-11(19)13(23)22(21(12)3)10-7-5-4-6-8-10/h4-9,11-12H,19H2,1-3H3. The lowest BCUT2D eigenvalue weighted by Gasteiger charge is -2.36. The molecule has 3 unspecified atom stereocenters. The van der Waals surface area contributed by atoms with E-state index in [-0.39, 0.29) is 0 Å². The third kappa shape index (κ3) is 3.09. The van der Waals surface area contributed by atoms with E-state index in [9.17, 15) is 22.8 Å². The fourth-order valence-electron chi connectivity index (χ4n) is 2.91. The number of hydrazine groups is 1. The van der Waals surface area contributed by atoms with Crippen LogP contribution in [0.1, 0.15) is 6.92 Å². The average molecular weight is 344 g/mol. The monoisotopic (exact) mass is 344 g/mol. The molecule has 1 aromatic rings. The molecule has 6 nitrogen and oxygen atoms in total. The third-order valence-corrected chi connectivity index (χ3v) is 4.28. The Kier molecular flexibility index (Phi) is 4.86. The van der Waals surface area contributed by atoms with Gasteiger partial charge in [0.05, 0.1) is 11.7 Å². The van der Waals surface area contributed by atoms with Crippen molar-refractivity contribution in [3.8, 4) is 0 Å². The van der Waals surface area contributed by atoms with E-state index in [0.717, 1.165) is 7.05 Å². The van der Waals surface area contributed by atoms with E-state index in [2.05, 4.69) is 0 Å². The number of anilines is 1. The van der Waals surface area contributed by atoms with Gasteiger partial charge >= 0.3 is 12.1 Å². The van der Waals surface area contributed by atoms with E-state index in [1.165, 1.54) is 16.9 Å². The summed E-state index contributed by atoms with van der Waals surface area (Å²) in [5.41, 5.74) is 6.49. The van der Waals surface area contributed by atoms with E-state index >= 15 is 0 Å². The number of rotatable bonds is 3. The lowest BCUT2D eigenvalue weighted by Crippen LogP contribution is -2.56. The van der Waals surface area contributed by atoms with Crippen LogP contribution < -0.4 is 10.7 Å². The first-order valence-corrected chi connectivity index (χ1v) is 7.28. The molecule has 0 saturated carbocycles. The molecule has 1 fully saturated rings. The third-order valence-electron chi connectivity index (χ3n) is 4.28. The lowest BCUT2D eigenvalue weighted by molar-refractivity contribution is -0.186. The Bertz CT molecular complexity index is 623. The van der Waals surface area contributed by atoms with Crippen molar-refractivity contribution in [1.82, 2.24) is 9.91 Å². The van der Waals surface area contributed by atoms with E-state index in [1.807, 2.05) is 0 Å². The normalized spacial score (nSPS) is 23.5. The molecule has 2 rings (SSSR count). The molecule has 0 spiro atoms. The van der Waals surface area contributed by atoms with Gasteiger partial charge in [0.1, 0.15) is 6.04 Å². The predicted octanol–water partition coefficient (Wildman–Crippen LogP) is 0.985. The molecular weight excluding hydrogens is 325 g/mol. The second kappa shape index (κ2) is 6.40. The highest BCUT2D eigenvalue weighted by molar-refractivity contribution is 5.99. The Hall–Kier alpha value is -2.13. The molecular formula is C15H19F3N4O2. The SMILES string of the molecule is CC(C1C(N)C(=O)N(c2ccccc2)N1C)N(C)C(=O)C(F)(F)F. The zero-order valence-corrected chi connectivity index (χ0v) is 13.5. The molecule has 1 aromatic carbocycles. The molecule has 9 heteroatoms. The second-order valence-electron chi connectivity index (χ2n) is 5.73. The molecule has 1 aliphatic heterocycles. The highest BCUT2D eigenvalue weighted by atomic mass is 19.4. The number of alkyl halides is 3. The van der Waals surface area contributed by atoms with Gasteiger partial charge in [-0.3, -0.25) is 9.59 Å². The maximum atomic E-state index is 12.6. The largest absolute Gasteiger partial charge is 0.471 e. The van der Waals surface area contributed by atoms with Crippen LogP contribution in [0.25, 0.3) is 0 Å². The summed E-state index contributed by atoms with van der Waals surface area (Å²) in [6.07, 6.45) is -4.98. The molecule has 0 aliphatic carbocycles. The van der Waals surface area contributed by atoms with Gasteiger partial charge in [0.25, 0.3) is 5.91 Å². The number of carbonyl (C=O) groups excluding carboxylic acids is 2. The summed E-state index contributed by atoms with van der Waals surface area (Å²) in [5.74, 6) is -2.41. The Labute approximate surface area is 137 Å². The van der Waals surface area contributed by atoms with Gasteiger partial charge < -0.3 is 10.6 Å². The minimum Gasteiger partial charge on any atom is -0.334 e. The number of carbonyl (C=O) groups is 2. The first kappa shape index (κ1) is 18.2. The van der Waals surface area contributed by atoms with Gasteiger partial charge in [0.2, 0.25) is 0 Å². The summed E-state index contributed by atoms with van der Waals surface area (Å²) >= 11 is 0. The fourth-order valence-corrected chi connectivity index (χ4v) is 2.91. The molecule has 2 N–H and O–H groups in total. The van der Waals surface area contributed by atoms with E-state index in [4.69, 9.17) is 5.73 Å². The number of para-hydroxylation sites is 1. The quantitative estimate of drug-likeness (QED) is 0.888. The van der Waals surface area contributed by atoms with Crippen LogP contribution in [0.4, 0.5) is 18.9 Å². The highest BCUT2D eigenvalue weighted by Crippen LogP contribution is 2.29. The first-order chi connectivity index (χ1) is 11.1. The number of amides is 2. The lowest BCUT2D eigenvalue weighted by atomic mass is 10.0. The minimum atomic E-state index is -4.98. The van der Waals surface area contributed by atoms with Crippen LogP contribution in [0.15, 0.2) is 30.3 Å². The van der Waals surface area contributed by atoms with Gasteiger partial charge in [0.15, 0.2) is 0 Å². The van der Waals surface area contributed by atoms with Crippen molar-refractivity contribution in [1.29, 1.82) is 0 Å². The topological polar surface area (TPSA) is 69.9 Å². The summed E-state index contributed by atoms with van der Waals surface area (Å²) in [7, 11) is 2.61.